The molecule has 0 aromatic rings. The summed E-state index contributed by atoms with van der Waals surface area (Å²) in [5.41, 5.74) is 0. The van der Waals surface area contributed by atoms with Gasteiger partial charge in [-0.05, 0) is 25.8 Å². The van der Waals surface area contributed by atoms with E-state index < -0.39 is 11.9 Å². The summed E-state index contributed by atoms with van der Waals surface area (Å²) in [6.07, 6.45) is 36.3. The monoisotopic (exact) mass is 753 g/mol. The van der Waals surface area contributed by atoms with Gasteiger partial charge in [0.1, 0.15) is 0 Å². The van der Waals surface area contributed by atoms with Crippen LogP contribution in [0.3, 0.4) is 0 Å². The number of hydrogen-bond donors (Lipinski definition) is 2. The third-order valence-electron chi connectivity index (χ3n) is 10.1. The zero-order chi connectivity index (χ0) is 38.9. The van der Waals surface area contributed by atoms with Crippen LogP contribution in [0, 0.1) is 0 Å². The van der Waals surface area contributed by atoms with Crippen molar-refractivity contribution < 1.29 is 34.1 Å². The van der Waals surface area contributed by atoms with Crippen LogP contribution in [0.2, 0.25) is 0 Å². The standard InChI is InChI=1S/C44H84N2O7/c1-3-5-7-9-11-13-14-15-16-17-18-19-20-21-22-24-26-28-30-37-53-44(51)40-46(39-43(49)50)33-31-32-45(34-35-47)38-42(41-48)52-36-29-27-25-23-12-10-8-6-4-2/h47H,3-40H2,1-2H3,(H,49,50). The summed E-state index contributed by atoms with van der Waals surface area (Å²) in [6, 6.07) is 0. The van der Waals surface area contributed by atoms with Crippen molar-refractivity contribution in [1.82, 2.24) is 9.80 Å². The lowest BCUT2D eigenvalue weighted by molar-refractivity contribution is -0.146. The molecule has 0 fully saturated rings. The Balaban J connectivity index is 4.01. The van der Waals surface area contributed by atoms with E-state index in [1.165, 1.54) is 148 Å². The van der Waals surface area contributed by atoms with Crippen LogP contribution in [-0.2, 0) is 23.9 Å². The Morgan fingerprint density at radius 1 is 0.472 bits per heavy atom. The summed E-state index contributed by atoms with van der Waals surface area (Å²) < 4.78 is 11.1. The first-order chi connectivity index (χ1) is 26.0. The number of carbonyl (C=O) groups excluding carboxylic acids is 2. The van der Waals surface area contributed by atoms with Gasteiger partial charge in [-0.1, -0.05) is 181 Å². The number of esters is 1. The number of carbonyl (C=O) groups is 2. The zero-order valence-electron chi connectivity index (χ0n) is 34.7. The first kappa shape index (κ1) is 51.1. The van der Waals surface area contributed by atoms with Gasteiger partial charge in [-0.25, -0.2) is 4.79 Å². The molecule has 0 aliphatic heterocycles. The molecule has 0 aromatic heterocycles. The fourth-order valence-corrected chi connectivity index (χ4v) is 6.85. The van der Waals surface area contributed by atoms with E-state index in [9.17, 15) is 24.6 Å². The SMILES string of the molecule is CCCCCCCCCCCCCCCCCCCCCOC(=O)CN(CCCN(CCO)CC(=C=O)OCCCCCCCCCCC)CC(=O)O. The minimum atomic E-state index is -1.00. The van der Waals surface area contributed by atoms with Crippen molar-refractivity contribution >= 4 is 17.9 Å². The molecule has 312 valence electrons. The molecule has 0 atom stereocenters. The normalized spacial score (nSPS) is 11.3. The van der Waals surface area contributed by atoms with Crippen LogP contribution < -0.4 is 0 Å². The lowest BCUT2D eigenvalue weighted by atomic mass is 10.0. The van der Waals surface area contributed by atoms with Gasteiger partial charge < -0.3 is 19.7 Å². The van der Waals surface area contributed by atoms with Crippen molar-refractivity contribution in [1.29, 1.82) is 0 Å². The molecular formula is C44H84N2O7. The Morgan fingerprint density at radius 3 is 1.23 bits per heavy atom. The van der Waals surface area contributed by atoms with Crippen molar-refractivity contribution in [3.8, 4) is 0 Å². The van der Waals surface area contributed by atoms with E-state index in [1.54, 1.807) is 4.90 Å². The van der Waals surface area contributed by atoms with Gasteiger partial charge in [0.25, 0.3) is 0 Å². The number of rotatable bonds is 43. The molecule has 9 nitrogen and oxygen atoms in total. The number of carboxylic acids is 1. The molecule has 0 radical (unpaired) electrons. The van der Waals surface area contributed by atoms with Crippen LogP contribution in [0.15, 0.2) is 5.76 Å². The Morgan fingerprint density at radius 2 is 0.849 bits per heavy atom. The molecule has 0 unspecified atom stereocenters. The average Bonchev–Trinajstić information content (AvgIpc) is 3.14. The van der Waals surface area contributed by atoms with Gasteiger partial charge in [0.15, 0.2) is 11.7 Å². The van der Waals surface area contributed by atoms with Gasteiger partial charge in [0.2, 0.25) is 0 Å². The van der Waals surface area contributed by atoms with Gasteiger partial charge in [0, 0.05) is 13.1 Å². The zero-order valence-corrected chi connectivity index (χ0v) is 34.7. The highest BCUT2D eigenvalue weighted by atomic mass is 16.5. The number of unbranched alkanes of at least 4 members (excludes halogenated alkanes) is 26. The second-order valence-electron chi connectivity index (χ2n) is 15.2. The van der Waals surface area contributed by atoms with Crippen LogP contribution in [0.1, 0.15) is 200 Å². The molecular weight excluding hydrogens is 668 g/mol. The Bertz CT molecular complexity index is 865. The Kier molecular flexibility index (Phi) is 39.7. The summed E-state index contributed by atoms with van der Waals surface area (Å²) in [5, 5.41) is 18.9. The van der Waals surface area contributed by atoms with E-state index in [1.807, 2.05) is 10.8 Å². The maximum atomic E-state index is 12.5. The molecule has 53 heavy (non-hydrogen) atoms. The molecule has 0 bridgehead atoms. The topological polar surface area (TPSA) is 117 Å². The second-order valence-corrected chi connectivity index (χ2v) is 15.2. The number of aliphatic hydroxyl groups is 1. The smallest absolute Gasteiger partial charge is 0.320 e. The number of aliphatic carboxylic acids is 1. The molecule has 0 rings (SSSR count). The van der Waals surface area contributed by atoms with Crippen LogP contribution in [-0.4, -0.2) is 97.0 Å². The van der Waals surface area contributed by atoms with E-state index in [-0.39, 0.29) is 32.0 Å². The molecule has 0 saturated heterocycles. The second kappa shape index (κ2) is 41.2. The van der Waals surface area contributed by atoms with Gasteiger partial charge in [-0.2, -0.15) is 0 Å². The number of carboxylic acid groups (broad SMARTS) is 1. The van der Waals surface area contributed by atoms with E-state index in [0.29, 0.717) is 39.3 Å². The Labute approximate surface area is 326 Å². The highest BCUT2D eigenvalue weighted by Crippen LogP contribution is 2.15. The molecule has 2 N–H and O–H groups in total. The van der Waals surface area contributed by atoms with Crippen LogP contribution in [0.25, 0.3) is 0 Å². The molecule has 0 saturated carbocycles. The minimum absolute atomic E-state index is 0.0744. The van der Waals surface area contributed by atoms with Crippen LogP contribution >= 0.6 is 0 Å². The summed E-state index contributed by atoms with van der Waals surface area (Å²) >= 11 is 0. The number of ether oxygens (including phenoxy) is 2. The lowest BCUT2D eigenvalue weighted by Crippen LogP contribution is -2.38. The molecule has 0 spiro atoms. The van der Waals surface area contributed by atoms with Crippen LogP contribution in [0.4, 0.5) is 0 Å². The van der Waals surface area contributed by atoms with Crippen molar-refractivity contribution in [2.24, 2.45) is 0 Å². The van der Waals surface area contributed by atoms with Crippen molar-refractivity contribution in [2.75, 3.05) is 59.1 Å². The molecule has 9 heteroatoms. The maximum absolute atomic E-state index is 12.5. The van der Waals surface area contributed by atoms with Crippen molar-refractivity contribution in [3.63, 3.8) is 0 Å². The van der Waals surface area contributed by atoms with Crippen molar-refractivity contribution in [3.05, 3.63) is 5.76 Å². The average molecular weight is 753 g/mol. The summed E-state index contributed by atoms with van der Waals surface area (Å²) in [4.78, 5) is 39.0. The summed E-state index contributed by atoms with van der Waals surface area (Å²) in [7, 11) is 0. The molecule has 0 amide bonds. The third-order valence-corrected chi connectivity index (χ3v) is 10.1. The fraction of sp³-hybridized carbons (Fsp3) is 0.909. The third kappa shape index (κ3) is 38.2. The van der Waals surface area contributed by atoms with E-state index >= 15 is 0 Å². The fourth-order valence-electron chi connectivity index (χ4n) is 6.85. The predicted molar refractivity (Wildman–Crippen MR) is 219 cm³/mol. The van der Waals surface area contributed by atoms with Gasteiger partial charge >= 0.3 is 11.9 Å². The van der Waals surface area contributed by atoms with Gasteiger partial charge in [-0.3, -0.25) is 19.4 Å². The quantitative estimate of drug-likeness (QED) is 0.0272. The highest BCUT2D eigenvalue weighted by molar-refractivity contribution is 5.74. The lowest BCUT2D eigenvalue weighted by Gasteiger charge is -2.24. The molecule has 0 aromatic carbocycles. The highest BCUT2D eigenvalue weighted by Gasteiger charge is 2.16. The summed E-state index contributed by atoms with van der Waals surface area (Å²) in [5.74, 6) is 0.720. The van der Waals surface area contributed by atoms with Crippen molar-refractivity contribution in [2.45, 2.75) is 200 Å². The van der Waals surface area contributed by atoms with Gasteiger partial charge in [-0.15, -0.1) is 0 Å². The molecule has 0 heterocycles. The minimum Gasteiger partial charge on any atom is -0.485 e. The van der Waals surface area contributed by atoms with E-state index in [4.69, 9.17) is 9.47 Å². The maximum Gasteiger partial charge on any atom is 0.320 e. The first-order valence-corrected chi connectivity index (χ1v) is 22.3. The van der Waals surface area contributed by atoms with E-state index in [0.717, 1.165) is 32.1 Å². The van der Waals surface area contributed by atoms with E-state index in [2.05, 4.69) is 13.8 Å². The van der Waals surface area contributed by atoms with Crippen LogP contribution in [0.5, 0.6) is 0 Å². The van der Waals surface area contributed by atoms with Gasteiger partial charge in [0.05, 0.1) is 39.5 Å². The predicted octanol–water partition coefficient (Wildman–Crippen LogP) is 10.3. The number of hydrogen-bond acceptors (Lipinski definition) is 8. The largest absolute Gasteiger partial charge is 0.485 e. The molecule has 0 aliphatic rings. The number of nitrogens with zero attached hydrogens (tertiary/aromatic N) is 2. The number of aliphatic hydroxyl groups excluding tert-OH is 1. The Hall–Kier alpha value is -1.93. The summed E-state index contributed by atoms with van der Waals surface area (Å²) in [6.45, 7) is 6.42. The first-order valence-electron chi connectivity index (χ1n) is 22.3. The molecule has 0 aliphatic carbocycles.